The number of phosphoric acid groups is 2. The fourth-order valence-corrected chi connectivity index (χ4v) is 16.6. The molecule has 0 saturated carbocycles. The molecular formula is C95H186O17P2. The first-order valence-electron chi connectivity index (χ1n) is 49.0. The monoisotopic (exact) mass is 1660 g/mol. The summed E-state index contributed by atoms with van der Waals surface area (Å²) in [5.74, 6) is -0.547. The topological polar surface area (TPSA) is 237 Å². The molecule has 0 rings (SSSR count). The molecule has 0 heterocycles. The maximum Gasteiger partial charge on any atom is 0.472 e. The van der Waals surface area contributed by atoms with Crippen molar-refractivity contribution in [3.63, 3.8) is 0 Å². The normalized spacial score (nSPS) is 13.7. The molecule has 0 aliphatic heterocycles. The molecule has 114 heavy (non-hydrogen) atoms. The van der Waals surface area contributed by atoms with Crippen LogP contribution >= 0.6 is 15.6 Å². The molecule has 0 bridgehead atoms. The summed E-state index contributed by atoms with van der Waals surface area (Å²) in [7, 11) is -9.94. The first kappa shape index (κ1) is 112. The minimum atomic E-state index is -4.97. The largest absolute Gasteiger partial charge is 0.472 e. The highest BCUT2D eigenvalue weighted by molar-refractivity contribution is 7.47. The summed E-state index contributed by atoms with van der Waals surface area (Å²) in [6.07, 6.45) is 82.3. The maximum atomic E-state index is 13.2. The minimum absolute atomic E-state index is 0.108. The Morgan fingerprint density at radius 1 is 0.237 bits per heavy atom. The zero-order valence-electron chi connectivity index (χ0n) is 75.4. The standard InChI is InChI=1S/C95H186O17P2/c1-7-9-11-13-15-17-19-21-23-25-27-29-31-33-35-39-43-47-53-59-65-71-77-92(97)105-83-90(111-94(99)79-73-67-61-54-48-44-40-36-34-32-30-28-26-24-22-20-18-16-14-12-10-8-2)85-109-113(101,102)107-81-89(96)82-108-114(103,104)110-86-91(84-106-93(98)78-72-66-60-56-50-52-58-64-70-76-88(5)6)112-95(100)80-74-68-62-55-49-45-41-37-38-42-46-51-57-63-69-75-87(3)4/h87-91,96H,7-86H2,1-6H3,(H,101,102)(H,103,104)/t89-,90-,91-/m1/s1. The molecule has 0 spiro atoms. The minimum Gasteiger partial charge on any atom is -0.462 e. The molecule has 0 aliphatic carbocycles. The summed E-state index contributed by atoms with van der Waals surface area (Å²) in [6.45, 7) is 9.73. The van der Waals surface area contributed by atoms with E-state index in [0.29, 0.717) is 25.7 Å². The number of hydrogen-bond donors (Lipinski definition) is 3. The Morgan fingerprint density at radius 3 is 0.596 bits per heavy atom. The van der Waals surface area contributed by atoms with Gasteiger partial charge in [-0.05, 0) is 37.5 Å². The molecule has 0 fully saturated rings. The fraction of sp³-hybridized carbons (Fsp3) is 0.958. The van der Waals surface area contributed by atoms with Crippen LogP contribution in [0.3, 0.4) is 0 Å². The summed E-state index contributed by atoms with van der Waals surface area (Å²) >= 11 is 0. The number of phosphoric ester groups is 2. The maximum absolute atomic E-state index is 13.2. The number of aliphatic hydroxyl groups excluding tert-OH is 1. The Morgan fingerprint density at radius 2 is 0.404 bits per heavy atom. The molecule has 3 N–H and O–H groups in total. The third kappa shape index (κ3) is 87.9. The van der Waals surface area contributed by atoms with Crippen molar-refractivity contribution in [2.45, 2.75) is 535 Å². The number of rotatable bonds is 94. The number of esters is 4. The molecule has 0 aliphatic rings. The second kappa shape index (κ2) is 86.0. The van der Waals surface area contributed by atoms with Gasteiger partial charge < -0.3 is 33.8 Å². The highest BCUT2D eigenvalue weighted by atomic mass is 31.2. The van der Waals surface area contributed by atoms with Crippen molar-refractivity contribution < 1.29 is 80.2 Å². The number of ether oxygens (including phenoxy) is 4. The average Bonchev–Trinajstić information content (AvgIpc) is 0.897. The number of hydrogen-bond acceptors (Lipinski definition) is 15. The quantitative estimate of drug-likeness (QED) is 0.0222. The molecule has 5 atom stereocenters. The molecule has 19 heteroatoms. The summed E-state index contributed by atoms with van der Waals surface area (Å²) in [5.41, 5.74) is 0. The van der Waals surface area contributed by atoms with Gasteiger partial charge in [-0.25, -0.2) is 9.13 Å². The molecule has 17 nitrogen and oxygen atoms in total. The predicted molar refractivity (Wildman–Crippen MR) is 474 cm³/mol. The van der Waals surface area contributed by atoms with E-state index in [2.05, 4.69) is 41.5 Å². The molecule has 0 aromatic heterocycles. The molecule has 0 saturated heterocycles. The Hall–Kier alpha value is -1.94. The molecule has 678 valence electrons. The van der Waals surface area contributed by atoms with Gasteiger partial charge in [0.15, 0.2) is 12.2 Å². The second-order valence-electron chi connectivity index (χ2n) is 35.1. The smallest absolute Gasteiger partial charge is 0.462 e. The van der Waals surface area contributed by atoms with E-state index in [9.17, 15) is 43.2 Å². The molecule has 2 unspecified atom stereocenters. The Kier molecular flexibility index (Phi) is 84.6. The second-order valence-corrected chi connectivity index (χ2v) is 38.0. The highest BCUT2D eigenvalue weighted by Crippen LogP contribution is 2.45. The van der Waals surface area contributed by atoms with Crippen molar-refractivity contribution in [1.29, 1.82) is 0 Å². The van der Waals surface area contributed by atoms with Gasteiger partial charge in [-0.1, -0.05) is 465 Å². The zero-order valence-corrected chi connectivity index (χ0v) is 77.2. The number of aliphatic hydroxyl groups is 1. The number of carbonyl (C=O) groups excluding carboxylic acids is 4. The van der Waals surface area contributed by atoms with Crippen molar-refractivity contribution in [3.8, 4) is 0 Å². The van der Waals surface area contributed by atoms with Crippen LogP contribution in [-0.4, -0.2) is 96.7 Å². The number of carbonyl (C=O) groups is 4. The summed E-state index contributed by atoms with van der Waals surface area (Å²) in [5, 5.41) is 10.7. The Bertz CT molecular complexity index is 2170. The lowest BCUT2D eigenvalue weighted by Gasteiger charge is -2.21. The van der Waals surface area contributed by atoms with Crippen LogP contribution in [0.15, 0.2) is 0 Å². The zero-order chi connectivity index (χ0) is 83.4. The van der Waals surface area contributed by atoms with Crippen molar-refractivity contribution in [2.75, 3.05) is 39.6 Å². The summed E-state index contributed by atoms with van der Waals surface area (Å²) in [6, 6.07) is 0. The number of unbranched alkanes of at least 4 members (excludes halogenated alkanes) is 64. The van der Waals surface area contributed by atoms with E-state index < -0.39 is 97.5 Å². The van der Waals surface area contributed by atoms with Crippen LogP contribution in [0.1, 0.15) is 517 Å². The third-order valence-corrected chi connectivity index (χ3v) is 24.4. The highest BCUT2D eigenvalue weighted by Gasteiger charge is 2.31. The van der Waals surface area contributed by atoms with Crippen LogP contribution in [0.4, 0.5) is 0 Å². The van der Waals surface area contributed by atoms with E-state index >= 15 is 0 Å². The fourth-order valence-electron chi connectivity index (χ4n) is 15.0. The van der Waals surface area contributed by atoms with Gasteiger partial charge in [0.05, 0.1) is 26.4 Å². The van der Waals surface area contributed by atoms with Crippen LogP contribution in [0.2, 0.25) is 0 Å². The van der Waals surface area contributed by atoms with Crippen LogP contribution in [0, 0.1) is 11.8 Å². The van der Waals surface area contributed by atoms with Gasteiger partial charge >= 0.3 is 39.5 Å². The predicted octanol–water partition coefficient (Wildman–Crippen LogP) is 29.7. The molecule has 0 radical (unpaired) electrons. The van der Waals surface area contributed by atoms with Gasteiger partial charge in [0.25, 0.3) is 0 Å². The molecule has 0 aromatic carbocycles. The van der Waals surface area contributed by atoms with E-state index in [0.717, 1.165) is 102 Å². The van der Waals surface area contributed by atoms with E-state index in [1.165, 1.54) is 334 Å². The van der Waals surface area contributed by atoms with E-state index in [-0.39, 0.29) is 25.7 Å². The van der Waals surface area contributed by atoms with Gasteiger partial charge in [-0.3, -0.25) is 37.3 Å². The van der Waals surface area contributed by atoms with Gasteiger partial charge in [-0.15, -0.1) is 0 Å². The lowest BCUT2D eigenvalue weighted by atomic mass is 10.0. The van der Waals surface area contributed by atoms with E-state index in [4.69, 9.17) is 37.0 Å². The van der Waals surface area contributed by atoms with Crippen molar-refractivity contribution in [2.24, 2.45) is 11.8 Å². The summed E-state index contributed by atoms with van der Waals surface area (Å²) < 4.78 is 69.2. The lowest BCUT2D eigenvalue weighted by molar-refractivity contribution is -0.161. The van der Waals surface area contributed by atoms with Crippen LogP contribution < -0.4 is 0 Å². The molecule has 0 amide bonds. The van der Waals surface area contributed by atoms with Crippen LogP contribution in [-0.2, 0) is 65.4 Å². The van der Waals surface area contributed by atoms with Gasteiger partial charge in [0.1, 0.15) is 19.3 Å². The van der Waals surface area contributed by atoms with Crippen molar-refractivity contribution >= 4 is 39.5 Å². The van der Waals surface area contributed by atoms with Crippen LogP contribution in [0.25, 0.3) is 0 Å². The van der Waals surface area contributed by atoms with E-state index in [1.54, 1.807) is 0 Å². The first-order valence-corrected chi connectivity index (χ1v) is 52.0. The van der Waals surface area contributed by atoms with Crippen molar-refractivity contribution in [1.82, 2.24) is 0 Å². The Balaban J connectivity index is 5.23. The average molecular weight is 1660 g/mol. The van der Waals surface area contributed by atoms with Gasteiger partial charge in [-0.2, -0.15) is 0 Å². The SMILES string of the molecule is CCCCCCCCCCCCCCCCCCCCCCCCC(=O)OC[C@H](COP(=O)(O)OC[C@@H](O)COP(=O)(O)OC[C@@H](COC(=O)CCCCCCCCCCCC(C)C)OC(=O)CCCCCCCCCCCCCCCCCC(C)C)OC(=O)CCCCCCCCCCCCCCCCCCCCCCCC. The van der Waals surface area contributed by atoms with Crippen molar-refractivity contribution in [3.05, 3.63) is 0 Å². The molecule has 0 aromatic rings. The third-order valence-electron chi connectivity index (χ3n) is 22.5. The Labute approximate surface area is 702 Å². The first-order chi connectivity index (χ1) is 55.4. The summed E-state index contributed by atoms with van der Waals surface area (Å²) in [4.78, 5) is 73.5. The lowest BCUT2D eigenvalue weighted by Crippen LogP contribution is -2.30. The van der Waals surface area contributed by atoms with Gasteiger partial charge in [0.2, 0.25) is 0 Å². The van der Waals surface area contributed by atoms with Crippen LogP contribution in [0.5, 0.6) is 0 Å². The van der Waals surface area contributed by atoms with E-state index in [1.807, 2.05) is 0 Å². The van der Waals surface area contributed by atoms with Gasteiger partial charge in [0, 0.05) is 25.7 Å². The molecular weight excluding hydrogens is 1470 g/mol.